The highest BCUT2D eigenvalue weighted by atomic mass is 35.5. The van der Waals surface area contributed by atoms with Gasteiger partial charge in [-0.2, -0.15) is 0 Å². The number of halogens is 1. The van der Waals surface area contributed by atoms with Crippen molar-refractivity contribution in [2.45, 2.75) is 43.5 Å². The molecular weight excluding hydrogens is 232 g/mol. The number of primary amides is 1. The van der Waals surface area contributed by atoms with Gasteiger partial charge in [-0.1, -0.05) is 23.8 Å². The minimum Gasteiger partial charge on any atom is -0.443 e. The fourth-order valence-electron chi connectivity index (χ4n) is 1.51. The maximum absolute atomic E-state index is 10.6. The van der Waals surface area contributed by atoms with Crippen molar-refractivity contribution in [3.05, 3.63) is 12.2 Å². The van der Waals surface area contributed by atoms with E-state index in [2.05, 4.69) is 5.32 Å². The summed E-state index contributed by atoms with van der Waals surface area (Å²) in [6, 6.07) is -0.235. The van der Waals surface area contributed by atoms with E-state index >= 15 is 0 Å². The number of amides is 1. The van der Waals surface area contributed by atoms with Crippen molar-refractivity contribution in [2.24, 2.45) is 5.73 Å². The third kappa shape index (κ3) is 3.37. The first-order valence-corrected chi connectivity index (χ1v) is 5.48. The molecule has 0 saturated carbocycles. The predicted molar refractivity (Wildman–Crippen MR) is 61.1 cm³/mol. The lowest BCUT2D eigenvalue weighted by molar-refractivity contribution is 0.0715. The predicted octanol–water partition coefficient (Wildman–Crippen LogP) is 0.704. The van der Waals surface area contributed by atoms with Crippen LogP contribution in [0.5, 0.6) is 0 Å². The first-order valence-electron chi connectivity index (χ1n) is 5.10. The maximum Gasteiger partial charge on any atom is 0.404 e. The topological polar surface area (TPSA) is 84.6 Å². The molecule has 1 aliphatic carbocycles. The van der Waals surface area contributed by atoms with Gasteiger partial charge in [0.25, 0.3) is 0 Å². The number of aliphatic hydroxyl groups excluding tert-OH is 1. The molecule has 0 spiro atoms. The van der Waals surface area contributed by atoms with E-state index in [1.165, 1.54) is 0 Å². The van der Waals surface area contributed by atoms with Crippen LogP contribution in [-0.4, -0.2) is 34.4 Å². The number of alkyl halides is 1. The van der Waals surface area contributed by atoms with Crippen LogP contribution in [0.3, 0.4) is 0 Å². The van der Waals surface area contributed by atoms with Crippen LogP contribution in [0.15, 0.2) is 12.2 Å². The first kappa shape index (κ1) is 13.3. The lowest BCUT2D eigenvalue weighted by atomic mass is 10.1. The quantitative estimate of drug-likeness (QED) is 0.389. The number of hydrogen-bond acceptors (Lipinski definition) is 4. The standard InChI is InChI=1S/C10H17ClN2O3/c1-6(16-9(12)15)10(2,11)13-7-4-3-5-8(7)14/h3-4,6-8,13-14H,5H2,1-2H3,(H2,12,15). The fraction of sp³-hybridized carbons (Fsp3) is 0.700. The van der Waals surface area contributed by atoms with E-state index in [-0.39, 0.29) is 6.04 Å². The SMILES string of the molecule is CC(OC(N)=O)C(C)(Cl)NC1C=CCC1O. The fourth-order valence-corrected chi connectivity index (χ4v) is 1.68. The molecule has 5 nitrogen and oxygen atoms in total. The summed E-state index contributed by atoms with van der Waals surface area (Å²) in [5, 5.41) is 12.6. The van der Waals surface area contributed by atoms with Gasteiger partial charge in [-0.3, -0.25) is 5.32 Å². The lowest BCUT2D eigenvalue weighted by Gasteiger charge is -2.33. The van der Waals surface area contributed by atoms with Crippen LogP contribution in [0.2, 0.25) is 0 Å². The van der Waals surface area contributed by atoms with Crippen LogP contribution in [-0.2, 0) is 4.74 Å². The molecule has 0 aromatic rings. The molecule has 92 valence electrons. The lowest BCUT2D eigenvalue weighted by Crippen LogP contribution is -2.54. The van der Waals surface area contributed by atoms with Gasteiger partial charge in [0.15, 0.2) is 0 Å². The highest BCUT2D eigenvalue weighted by Gasteiger charge is 2.35. The van der Waals surface area contributed by atoms with E-state index < -0.39 is 23.3 Å². The average Bonchev–Trinajstić information content (AvgIpc) is 2.50. The minimum atomic E-state index is -0.977. The van der Waals surface area contributed by atoms with Gasteiger partial charge in [0.1, 0.15) is 11.1 Å². The van der Waals surface area contributed by atoms with Crippen LogP contribution >= 0.6 is 11.6 Å². The summed E-state index contributed by atoms with van der Waals surface area (Å²) in [5.41, 5.74) is 4.91. The molecule has 0 aliphatic heterocycles. The maximum atomic E-state index is 10.6. The van der Waals surface area contributed by atoms with Crippen molar-refractivity contribution in [3.63, 3.8) is 0 Å². The number of nitrogens with one attached hydrogen (secondary N) is 1. The Hall–Kier alpha value is -0.780. The normalized spacial score (nSPS) is 29.8. The molecule has 4 atom stereocenters. The molecule has 0 aromatic heterocycles. The zero-order chi connectivity index (χ0) is 12.3. The molecule has 0 aromatic carbocycles. The van der Waals surface area contributed by atoms with Crippen LogP contribution in [0.4, 0.5) is 4.79 Å². The van der Waals surface area contributed by atoms with Gasteiger partial charge in [0, 0.05) is 0 Å². The molecule has 4 unspecified atom stereocenters. The first-order chi connectivity index (χ1) is 7.33. The second-order valence-corrected chi connectivity index (χ2v) is 4.84. The molecule has 4 N–H and O–H groups in total. The molecular formula is C10H17ClN2O3. The molecule has 0 saturated heterocycles. The molecule has 1 rings (SSSR count). The monoisotopic (exact) mass is 248 g/mol. The van der Waals surface area contributed by atoms with Gasteiger partial charge >= 0.3 is 6.09 Å². The largest absolute Gasteiger partial charge is 0.443 e. The Morgan fingerprint density at radius 1 is 1.81 bits per heavy atom. The Balaban J connectivity index is 2.56. The number of hydrogen-bond donors (Lipinski definition) is 3. The van der Waals surface area contributed by atoms with Crippen LogP contribution in [0, 0.1) is 0 Å². The van der Waals surface area contributed by atoms with Gasteiger partial charge in [-0.25, -0.2) is 4.79 Å². The third-order valence-electron chi connectivity index (χ3n) is 2.64. The third-order valence-corrected chi connectivity index (χ3v) is 3.06. The average molecular weight is 249 g/mol. The molecule has 16 heavy (non-hydrogen) atoms. The van der Waals surface area contributed by atoms with E-state index in [9.17, 15) is 9.90 Å². The summed E-state index contributed by atoms with van der Waals surface area (Å²) in [6.45, 7) is 3.30. The highest BCUT2D eigenvalue weighted by Crippen LogP contribution is 2.22. The zero-order valence-corrected chi connectivity index (χ0v) is 10.1. The van der Waals surface area contributed by atoms with Crippen LogP contribution in [0.25, 0.3) is 0 Å². The van der Waals surface area contributed by atoms with E-state index in [1.54, 1.807) is 13.8 Å². The molecule has 1 aliphatic rings. The second-order valence-electron chi connectivity index (χ2n) is 4.06. The van der Waals surface area contributed by atoms with Crippen molar-refractivity contribution in [1.82, 2.24) is 5.32 Å². The van der Waals surface area contributed by atoms with Gasteiger partial charge in [0.05, 0.1) is 12.1 Å². The molecule has 0 heterocycles. The second kappa shape index (κ2) is 5.03. The zero-order valence-electron chi connectivity index (χ0n) is 9.31. The number of carbonyl (C=O) groups excluding carboxylic acids is 1. The Kier molecular flexibility index (Phi) is 4.18. The van der Waals surface area contributed by atoms with E-state index in [1.807, 2.05) is 12.2 Å². The van der Waals surface area contributed by atoms with E-state index in [4.69, 9.17) is 22.1 Å². The smallest absolute Gasteiger partial charge is 0.404 e. The molecule has 6 heteroatoms. The summed E-state index contributed by atoms with van der Waals surface area (Å²) < 4.78 is 4.80. The number of ether oxygens (including phenoxy) is 1. The summed E-state index contributed by atoms with van der Waals surface area (Å²) in [6.07, 6.45) is 2.32. The number of aliphatic hydroxyl groups is 1. The van der Waals surface area contributed by atoms with E-state index in [0.29, 0.717) is 6.42 Å². The van der Waals surface area contributed by atoms with Crippen LogP contribution in [0.1, 0.15) is 20.3 Å². The van der Waals surface area contributed by atoms with Crippen molar-refractivity contribution < 1.29 is 14.6 Å². The Morgan fingerprint density at radius 2 is 2.44 bits per heavy atom. The number of carbonyl (C=O) groups is 1. The van der Waals surface area contributed by atoms with Crippen molar-refractivity contribution in [1.29, 1.82) is 0 Å². The highest BCUT2D eigenvalue weighted by molar-refractivity contribution is 6.23. The number of rotatable bonds is 4. The van der Waals surface area contributed by atoms with Gasteiger partial charge in [-0.15, -0.1) is 0 Å². The van der Waals surface area contributed by atoms with Crippen molar-refractivity contribution in [3.8, 4) is 0 Å². The van der Waals surface area contributed by atoms with Crippen molar-refractivity contribution >= 4 is 17.7 Å². The van der Waals surface area contributed by atoms with Gasteiger partial charge in [-0.05, 0) is 20.3 Å². The van der Waals surface area contributed by atoms with Gasteiger partial charge < -0.3 is 15.6 Å². The summed E-state index contributed by atoms with van der Waals surface area (Å²) in [4.78, 5) is 9.63. The molecule has 1 amide bonds. The Labute approximate surface area is 99.6 Å². The van der Waals surface area contributed by atoms with Crippen LogP contribution < -0.4 is 11.1 Å². The number of nitrogens with two attached hydrogens (primary N) is 1. The summed E-state index contributed by atoms with van der Waals surface area (Å²) >= 11 is 6.19. The van der Waals surface area contributed by atoms with Gasteiger partial charge in [0.2, 0.25) is 0 Å². The summed E-state index contributed by atoms with van der Waals surface area (Å²) in [5.74, 6) is 0. The minimum absolute atomic E-state index is 0.235. The Morgan fingerprint density at radius 3 is 2.88 bits per heavy atom. The molecule has 0 radical (unpaired) electrons. The Bertz CT molecular complexity index is 294. The molecule has 0 fully saturated rings. The van der Waals surface area contributed by atoms with E-state index in [0.717, 1.165) is 0 Å². The molecule has 0 bridgehead atoms. The summed E-state index contributed by atoms with van der Waals surface area (Å²) in [7, 11) is 0. The van der Waals surface area contributed by atoms with Crippen molar-refractivity contribution in [2.75, 3.05) is 0 Å².